The highest BCUT2D eigenvalue weighted by Gasteiger charge is 2.12. The zero-order chi connectivity index (χ0) is 23.1. The summed E-state index contributed by atoms with van der Waals surface area (Å²) in [7, 11) is -1.94. The predicted octanol–water partition coefficient (Wildman–Crippen LogP) is 3.07. The monoisotopic (exact) mass is 451 g/mol. The fraction of sp³-hybridized carbons (Fsp3) is 0.0870. The van der Waals surface area contributed by atoms with Gasteiger partial charge in [0, 0.05) is 12.6 Å². The van der Waals surface area contributed by atoms with Gasteiger partial charge in [-0.2, -0.15) is 5.10 Å². The van der Waals surface area contributed by atoms with Crippen LogP contribution >= 0.6 is 0 Å². The van der Waals surface area contributed by atoms with E-state index in [0.29, 0.717) is 28.1 Å². The van der Waals surface area contributed by atoms with Crippen molar-refractivity contribution in [3.8, 4) is 5.75 Å². The third-order valence-electron chi connectivity index (χ3n) is 4.47. The van der Waals surface area contributed by atoms with E-state index in [1.807, 2.05) is 6.07 Å². The zero-order valence-electron chi connectivity index (χ0n) is 17.4. The van der Waals surface area contributed by atoms with E-state index in [-0.39, 0.29) is 0 Å². The minimum atomic E-state index is -3.38. The Kier molecular flexibility index (Phi) is 7.01. The summed E-state index contributed by atoms with van der Waals surface area (Å²) in [4.78, 5) is 24.3. The van der Waals surface area contributed by atoms with Crippen LogP contribution in [0, 0.1) is 0 Å². The molecule has 8 nitrogen and oxygen atoms in total. The van der Waals surface area contributed by atoms with Crippen LogP contribution in [0.25, 0.3) is 0 Å². The number of rotatable bonds is 7. The Morgan fingerprint density at radius 3 is 2.12 bits per heavy atom. The first kappa shape index (κ1) is 22.7. The van der Waals surface area contributed by atoms with Gasteiger partial charge in [-0.15, -0.1) is 0 Å². The smallest absolute Gasteiger partial charge is 0.343 e. The molecule has 0 heterocycles. The van der Waals surface area contributed by atoms with Crippen LogP contribution in [0.2, 0.25) is 0 Å². The van der Waals surface area contributed by atoms with Crippen molar-refractivity contribution in [3.05, 3.63) is 95.6 Å². The van der Waals surface area contributed by atoms with Gasteiger partial charge in [0.2, 0.25) is 10.0 Å². The van der Waals surface area contributed by atoms with E-state index in [9.17, 15) is 18.0 Å². The normalized spacial score (nSPS) is 11.2. The van der Waals surface area contributed by atoms with E-state index >= 15 is 0 Å². The maximum absolute atomic E-state index is 12.2. The Hall–Kier alpha value is -3.98. The lowest BCUT2D eigenvalue weighted by Crippen LogP contribution is -2.25. The van der Waals surface area contributed by atoms with Crippen molar-refractivity contribution < 1.29 is 22.7 Å². The van der Waals surface area contributed by atoms with Crippen molar-refractivity contribution >= 4 is 33.8 Å². The van der Waals surface area contributed by atoms with Crippen LogP contribution in [-0.4, -0.2) is 39.8 Å². The van der Waals surface area contributed by atoms with E-state index in [2.05, 4.69) is 10.5 Å². The highest BCUT2D eigenvalue weighted by Crippen LogP contribution is 2.16. The van der Waals surface area contributed by atoms with Crippen LogP contribution in [0.4, 0.5) is 5.69 Å². The predicted molar refractivity (Wildman–Crippen MR) is 123 cm³/mol. The van der Waals surface area contributed by atoms with Crippen molar-refractivity contribution in [2.24, 2.45) is 5.10 Å². The summed E-state index contributed by atoms with van der Waals surface area (Å²) >= 11 is 0. The fourth-order valence-corrected chi connectivity index (χ4v) is 3.11. The number of anilines is 1. The van der Waals surface area contributed by atoms with Gasteiger partial charge in [0.05, 0.1) is 23.7 Å². The van der Waals surface area contributed by atoms with Gasteiger partial charge in [-0.3, -0.25) is 9.10 Å². The van der Waals surface area contributed by atoms with Crippen molar-refractivity contribution in [3.63, 3.8) is 0 Å². The van der Waals surface area contributed by atoms with Crippen molar-refractivity contribution in [1.82, 2.24) is 5.43 Å². The number of hydrogen-bond acceptors (Lipinski definition) is 6. The molecular weight excluding hydrogens is 430 g/mol. The number of esters is 1. The number of ether oxygens (including phenoxy) is 1. The summed E-state index contributed by atoms with van der Waals surface area (Å²) in [5, 5.41) is 3.91. The summed E-state index contributed by atoms with van der Waals surface area (Å²) in [6.45, 7) is 0. The number of benzene rings is 3. The number of carbonyl (C=O) groups is 2. The molecule has 0 spiro atoms. The summed E-state index contributed by atoms with van der Waals surface area (Å²) in [5.74, 6) is -0.504. The Labute approximate surface area is 186 Å². The van der Waals surface area contributed by atoms with E-state index in [4.69, 9.17) is 4.74 Å². The number of nitrogens with one attached hydrogen (secondary N) is 1. The Balaban J connectivity index is 1.55. The maximum atomic E-state index is 12.2. The van der Waals surface area contributed by atoms with Crippen molar-refractivity contribution in [2.45, 2.75) is 0 Å². The molecule has 164 valence electrons. The van der Waals surface area contributed by atoms with Gasteiger partial charge in [0.25, 0.3) is 5.91 Å². The SMILES string of the molecule is CN(c1ccc(C(=O)N/N=C\c2ccc(OC(=O)c3ccccc3)cc2)cc1)S(C)(=O)=O. The molecule has 0 aliphatic carbocycles. The summed E-state index contributed by atoms with van der Waals surface area (Å²) < 4.78 is 29.6. The maximum Gasteiger partial charge on any atom is 0.343 e. The standard InChI is InChI=1S/C23H21N3O5S/c1-26(32(2,29)30)20-12-10-18(11-13-20)22(27)25-24-16-17-8-14-21(15-9-17)31-23(28)19-6-4-3-5-7-19/h3-16H,1-2H3,(H,25,27)/b24-16-. The number of amides is 1. The molecule has 1 amide bonds. The van der Waals surface area contributed by atoms with Crippen LogP contribution in [0.1, 0.15) is 26.3 Å². The summed E-state index contributed by atoms with van der Waals surface area (Å²) in [5.41, 5.74) is 4.33. The Morgan fingerprint density at radius 2 is 1.53 bits per heavy atom. The number of nitrogens with zero attached hydrogens (tertiary/aromatic N) is 2. The van der Waals surface area contributed by atoms with Crippen LogP contribution in [0.3, 0.4) is 0 Å². The number of sulfonamides is 1. The van der Waals surface area contributed by atoms with Crippen molar-refractivity contribution in [2.75, 3.05) is 17.6 Å². The lowest BCUT2D eigenvalue weighted by Gasteiger charge is -2.16. The second kappa shape index (κ2) is 9.88. The van der Waals surface area contributed by atoms with Crippen LogP contribution in [0.15, 0.2) is 84.0 Å². The van der Waals surface area contributed by atoms with E-state index in [1.54, 1.807) is 48.5 Å². The molecule has 3 rings (SSSR count). The highest BCUT2D eigenvalue weighted by molar-refractivity contribution is 7.92. The zero-order valence-corrected chi connectivity index (χ0v) is 18.2. The van der Waals surface area contributed by atoms with E-state index in [1.165, 1.54) is 37.5 Å². The fourth-order valence-electron chi connectivity index (χ4n) is 2.61. The molecule has 0 bridgehead atoms. The topological polar surface area (TPSA) is 105 Å². The van der Waals surface area contributed by atoms with Crippen LogP contribution < -0.4 is 14.5 Å². The van der Waals surface area contributed by atoms with Gasteiger partial charge in [-0.25, -0.2) is 18.6 Å². The average Bonchev–Trinajstić information content (AvgIpc) is 2.79. The molecule has 0 aliphatic heterocycles. The molecule has 0 fully saturated rings. The molecule has 0 aromatic heterocycles. The molecule has 1 N–H and O–H groups in total. The van der Waals surface area contributed by atoms with Crippen LogP contribution in [-0.2, 0) is 10.0 Å². The Bertz CT molecular complexity index is 1220. The number of hydrogen-bond donors (Lipinski definition) is 1. The molecule has 0 atom stereocenters. The first-order valence-electron chi connectivity index (χ1n) is 9.49. The minimum absolute atomic E-state index is 0.330. The third-order valence-corrected chi connectivity index (χ3v) is 5.68. The minimum Gasteiger partial charge on any atom is -0.423 e. The van der Waals surface area contributed by atoms with Crippen LogP contribution in [0.5, 0.6) is 5.75 Å². The summed E-state index contributed by atoms with van der Waals surface area (Å²) in [6, 6.07) is 21.4. The molecule has 0 radical (unpaired) electrons. The molecule has 0 saturated heterocycles. The number of carbonyl (C=O) groups excluding carboxylic acids is 2. The average molecular weight is 452 g/mol. The second-order valence-electron chi connectivity index (χ2n) is 6.80. The highest BCUT2D eigenvalue weighted by atomic mass is 32.2. The van der Waals surface area contributed by atoms with Gasteiger partial charge in [-0.05, 0) is 66.2 Å². The molecule has 3 aromatic carbocycles. The van der Waals surface area contributed by atoms with Gasteiger partial charge >= 0.3 is 5.97 Å². The molecule has 3 aromatic rings. The largest absolute Gasteiger partial charge is 0.423 e. The molecule has 9 heteroatoms. The third kappa shape index (κ3) is 6.02. The van der Waals surface area contributed by atoms with Gasteiger partial charge < -0.3 is 4.74 Å². The van der Waals surface area contributed by atoms with Gasteiger partial charge in [0.15, 0.2) is 0 Å². The van der Waals surface area contributed by atoms with E-state index < -0.39 is 21.9 Å². The lowest BCUT2D eigenvalue weighted by molar-refractivity contribution is 0.0734. The lowest BCUT2D eigenvalue weighted by atomic mass is 10.2. The molecule has 0 aliphatic rings. The molecule has 0 unspecified atom stereocenters. The number of hydrazone groups is 1. The second-order valence-corrected chi connectivity index (χ2v) is 8.81. The van der Waals surface area contributed by atoms with E-state index in [0.717, 1.165) is 10.6 Å². The Morgan fingerprint density at radius 1 is 0.906 bits per heavy atom. The molecule has 32 heavy (non-hydrogen) atoms. The first-order chi connectivity index (χ1) is 15.2. The van der Waals surface area contributed by atoms with Crippen molar-refractivity contribution in [1.29, 1.82) is 0 Å². The molecule has 0 saturated carbocycles. The first-order valence-corrected chi connectivity index (χ1v) is 11.3. The van der Waals surface area contributed by atoms with Gasteiger partial charge in [0.1, 0.15) is 5.75 Å². The summed E-state index contributed by atoms with van der Waals surface area (Å²) in [6.07, 6.45) is 2.55. The molecular formula is C23H21N3O5S. The quantitative estimate of drug-likeness (QED) is 0.257. The van der Waals surface area contributed by atoms with Gasteiger partial charge in [-0.1, -0.05) is 18.2 Å².